The molecule has 4 nitrogen and oxygen atoms in total. The van der Waals surface area contributed by atoms with Gasteiger partial charge in [-0.25, -0.2) is 14.2 Å². The summed E-state index contributed by atoms with van der Waals surface area (Å²) in [6, 6.07) is 12.5. The van der Waals surface area contributed by atoms with Gasteiger partial charge in [-0.2, -0.15) is 0 Å². The molecule has 6 heteroatoms. The van der Waals surface area contributed by atoms with Gasteiger partial charge in [-0.1, -0.05) is 18.2 Å². The van der Waals surface area contributed by atoms with Gasteiger partial charge < -0.3 is 5.32 Å². The van der Waals surface area contributed by atoms with Crippen molar-refractivity contribution < 1.29 is 14.4 Å². The Morgan fingerprint density at radius 2 is 1.93 bits per heavy atom. The SMILES string of the molecule is CNC(=O)N(O)CCC1=C(C)C(=Cc2ccc(SC)cc2)c2ccc(F)cc21. The second-order valence-electron chi connectivity index (χ2n) is 6.55. The third kappa shape index (κ3) is 4.13. The van der Waals surface area contributed by atoms with Crippen LogP contribution in [0.2, 0.25) is 0 Å². The minimum Gasteiger partial charge on any atom is -0.339 e. The van der Waals surface area contributed by atoms with Crippen molar-refractivity contribution in [3.8, 4) is 0 Å². The number of nitrogens with zero attached hydrogens (tertiary/aromatic N) is 1. The first-order valence-corrected chi connectivity index (χ1v) is 10.2. The van der Waals surface area contributed by atoms with Crippen LogP contribution in [0.25, 0.3) is 17.2 Å². The van der Waals surface area contributed by atoms with Crippen LogP contribution in [-0.4, -0.2) is 36.1 Å². The van der Waals surface area contributed by atoms with Gasteiger partial charge in [0.15, 0.2) is 0 Å². The Labute approximate surface area is 168 Å². The predicted octanol–water partition coefficient (Wildman–Crippen LogP) is 5.30. The normalized spacial score (nSPS) is 14.4. The van der Waals surface area contributed by atoms with Gasteiger partial charge >= 0.3 is 6.03 Å². The number of rotatable bonds is 5. The molecule has 1 aliphatic carbocycles. The molecule has 0 heterocycles. The van der Waals surface area contributed by atoms with E-state index in [2.05, 4.69) is 35.7 Å². The van der Waals surface area contributed by atoms with Crippen LogP contribution in [0.3, 0.4) is 0 Å². The van der Waals surface area contributed by atoms with E-state index >= 15 is 0 Å². The summed E-state index contributed by atoms with van der Waals surface area (Å²) in [6.45, 7) is 2.12. The number of nitrogens with one attached hydrogen (secondary N) is 1. The van der Waals surface area contributed by atoms with Crippen molar-refractivity contribution >= 4 is 35.0 Å². The molecular formula is C22H23FN2O2S. The number of benzene rings is 2. The number of carbonyl (C=O) groups excluding carboxylic acids is 1. The zero-order valence-electron chi connectivity index (χ0n) is 16.1. The maximum absolute atomic E-state index is 13.9. The zero-order chi connectivity index (χ0) is 20.3. The van der Waals surface area contributed by atoms with E-state index < -0.39 is 6.03 Å². The highest BCUT2D eigenvalue weighted by Crippen LogP contribution is 2.43. The summed E-state index contributed by atoms with van der Waals surface area (Å²) in [5.74, 6) is -0.304. The van der Waals surface area contributed by atoms with E-state index in [0.29, 0.717) is 11.5 Å². The number of hydroxylamine groups is 2. The lowest BCUT2D eigenvalue weighted by Crippen LogP contribution is -2.36. The molecule has 2 N–H and O–H groups in total. The van der Waals surface area contributed by atoms with Crippen LogP contribution in [0.5, 0.6) is 0 Å². The second kappa shape index (κ2) is 8.63. The lowest BCUT2D eigenvalue weighted by Gasteiger charge is -2.15. The lowest BCUT2D eigenvalue weighted by atomic mass is 10.0. The van der Waals surface area contributed by atoms with E-state index in [1.54, 1.807) is 17.8 Å². The Bertz CT molecular complexity index is 952. The average molecular weight is 399 g/mol. The number of amides is 2. The molecule has 28 heavy (non-hydrogen) atoms. The zero-order valence-corrected chi connectivity index (χ0v) is 16.9. The summed E-state index contributed by atoms with van der Waals surface area (Å²) in [5, 5.41) is 12.8. The molecule has 2 aromatic carbocycles. The van der Waals surface area contributed by atoms with Crippen LogP contribution in [0, 0.1) is 5.82 Å². The summed E-state index contributed by atoms with van der Waals surface area (Å²) < 4.78 is 13.9. The van der Waals surface area contributed by atoms with Crippen molar-refractivity contribution in [1.82, 2.24) is 10.4 Å². The quantitative estimate of drug-likeness (QED) is 0.408. The van der Waals surface area contributed by atoms with Gasteiger partial charge in [0.05, 0.1) is 6.54 Å². The number of hydrogen-bond donors (Lipinski definition) is 2. The predicted molar refractivity (Wildman–Crippen MR) is 113 cm³/mol. The minimum atomic E-state index is -0.569. The second-order valence-corrected chi connectivity index (χ2v) is 7.43. The molecule has 2 amide bonds. The molecule has 2 aromatic rings. The van der Waals surface area contributed by atoms with Crippen molar-refractivity contribution in [2.45, 2.75) is 18.2 Å². The molecule has 1 aliphatic rings. The number of thioether (sulfide) groups is 1. The first-order chi connectivity index (χ1) is 13.4. The van der Waals surface area contributed by atoms with E-state index in [0.717, 1.165) is 33.4 Å². The van der Waals surface area contributed by atoms with Crippen LogP contribution in [0.15, 0.2) is 52.9 Å². The van der Waals surface area contributed by atoms with Crippen LogP contribution < -0.4 is 5.32 Å². The number of carbonyl (C=O) groups is 1. The maximum atomic E-state index is 13.9. The third-order valence-electron chi connectivity index (χ3n) is 4.90. The number of urea groups is 1. The van der Waals surface area contributed by atoms with Crippen LogP contribution >= 0.6 is 11.8 Å². The Morgan fingerprint density at radius 3 is 2.57 bits per heavy atom. The van der Waals surface area contributed by atoms with Crippen LogP contribution in [0.1, 0.15) is 30.0 Å². The van der Waals surface area contributed by atoms with Gasteiger partial charge in [-0.15, -0.1) is 11.8 Å². The summed E-state index contributed by atoms with van der Waals surface area (Å²) in [5.41, 5.74) is 5.84. The smallest absolute Gasteiger partial charge is 0.339 e. The van der Waals surface area contributed by atoms with E-state index in [-0.39, 0.29) is 12.4 Å². The number of hydrogen-bond acceptors (Lipinski definition) is 3. The molecule has 0 saturated heterocycles. The first-order valence-electron chi connectivity index (χ1n) is 8.99. The number of allylic oxidation sites excluding steroid dienone is 2. The van der Waals surface area contributed by atoms with Crippen molar-refractivity contribution in [2.75, 3.05) is 19.8 Å². The van der Waals surface area contributed by atoms with Crippen molar-refractivity contribution in [1.29, 1.82) is 0 Å². The maximum Gasteiger partial charge on any atom is 0.340 e. The fourth-order valence-corrected chi connectivity index (χ4v) is 3.80. The Morgan fingerprint density at radius 1 is 1.21 bits per heavy atom. The molecule has 0 fully saturated rings. The average Bonchev–Trinajstić information content (AvgIpc) is 2.96. The Hall–Kier alpha value is -2.57. The topological polar surface area (TPSA) is 52.6 Å². The highest BCUT2D eigenvalue weighted by Gasteiger charge is 2.25. The lowest BCUT2D eigenvalue weighted by molar-refractivity contribution is -0.0403. The standard InChI is InChI=1S/C22H23FN2O2S/c1-14-18(10-11-25(27)22(26)24-2)21-13-16(23)6-9-19(21)20(14)12-15-4-7-17(28-3)8-5-15/h4-9,12-13,27H,10-11H2,1-3H3,(H,24,26). The highest BCUT2D eigenvalue weighted by atomic mass is 32.2. The summed E-state index contributed by atoms with van der Waals surface area (Å²) in [7, 11) is 1.46. The van der Waals surface area contributed by atoms with Crippen LogP contribution in [0.4, 0.5) is 9.18 Å². The molecule has 0 bridgehead atoms. The fourth-order valence-electron chi connectivity index (χ4n) is 3.39. The molecule has 0 radical (unpaired) electrons. The fraction of sp³-hybridized carbons (Fsp3) is 0.227. The monoisotopic (exact) mass is 398 g/mol. The van der Waals surface area contributed by atoms with Gasteiger partial charge in [0.25, 0.3) is 0 Å². The largest absolute Gasteiger partial charge is 0.340 e. The molecular weight excluding hydrogens is 375 g/mol. The van der Waals surface area contributed by atoms with Crippen molar-refractivity contribution in [2.24, 2.45) is 0 Å². The molecule has 0 aromatic heterocycles. The van der Waals surface area contributed by atoms with E-state index in [9.17, 15) is 14.4 Å². The van der Waals surface area contributed by atoms with Gasteiger partial charge in [-0.05, 0) is 83.4 Å². The van der Waals surface area contributed by atoms with Crippen molar-refractivity contribution in [3.05, 3.63) is 70.5 Å². The van der Waals surface area contributed by atoms with Gasteiger partial charge in [0, 0.05) is 11.9 Å². The summed E-state index contributed by atoms with van der Waals surface area (Å²) in [4.78, 5) is 12.7. The molecule has 0 atom stereocenters. The molecule has 146 valence electrons. The molecule has 0 saturated carbocycles. The highest BCUT2D eigenvalue weighted by molar-refractivity contribution is 7.98. The van der Waals surface area contributed by atoms with Gasteiger partial charge in [-0.3, -0.25) is 5.21 Å². The Balaban J connectivity index is 1.97. The van der Waals surface area contributed by atoms with Gasteiger partial charge in [0.1, 0.15) is 5.82 Å². The number of fused-ring (bicyclic) bond motifs is 1. The molecule has 0 spiro atoms. The minimum absolute atomic E-state index is 0.123. The first kappa shape index (κ1) is 20.2. The van der Waals surface area contributed by atoms with Crippen LogP contribution in [-0.2, 0) is 0 Å². The molecule has 0 aliphatic heterocycles. The third-order valence-corrected chi connectivity index (χ3v) is 5.65. The van der Waals surface area contributed by atoms with Crippen molar-refractivity contribution in [3.63, 3.8) is 0 Å². The van der Waals surface area contributed by atoms with E-state index in [1.165, 1.54) is 24.1 Å². The molecule has 3 rings (SSSR count). The summed E-state index contributed by atoms with van der Waals surface area (Å²) >= 11 is 1.69. The van der Waals surface area contributed by atoms with E-state index in [4.69, 9.17) is 0 Å². The number of halogens is 1. The van der Waals surface area contributed by atoms with E-state index in [1.807, 2.05) is 13.2 Å². The Kier molecular flexibility index (Phi) is 6.21. The summed E-state index contributed by atoms with van der Waals surface area (Å²) in [6.07, 6.45) is 4.56. The molecule has 0 unspecified atom stereocenters. The van der Waals surface area contributed by atoms with Gasteiger partial charge in [0.2, 0.25) is 0 Å².